The first-order valence-electron chi connectivity index (χ1n) is 9.11. The Morgan fingerprint density at radius 1 is 1.15 bits per heavy atom. The molecule has 3 heterocycles. The normalized spacial score (nSPS) is 17.8. The number of ether oxygens (including phenoxy) is 1. The lowest BCUT2D eigenvalue weighted by Crippen LogP contribution is -2.47. The highest BCUT2D eigenvalue weighted by atomic mass is 32.2. The van der Waals surface area contributed by atoms with Crippen molar-refractivity contribution in [2.75, 3.05) is 67.2 Å². The molecule has 0 N–H and O–H groups in total. The number of hydrogen-bond donors (Lipinski definition) is 0. The van der Waals surface area contributed by atoms with Crippen LogP contribution >= 0.6 is 11.8 Å². The van der Waals surface area contributed by atoms with Crippen molar-refractivity contribution in [2.24, 2.45) is 0 Å². The summed E-state index contributed by atoms with van der Waals surface area (Å²) < 4.78 is 5.16. The van der Waals surface area contributed by atoms with E-state index in [1.165, 1.54) is 0 Å². The van der Waals surface area contributed by atoms with Crippen LogP contribution in [0.2, 0.25) is 0 Å². The van der Waals surface area contributed by atoms with Gasteiger partial charge in [0.15, 0.2) is 0 Å². The van der Waals surface area contributed by atoms with Crippen LogP contribution in [0.4, 0.5) is 11.8 Å². The van der Waals surface area contributed by atoms with Gasteiger partial charge in [0.25, 0.3) is 0 Å². The van der Waals surface area contributed by atoms with E-state index in [1.807, 2.05) is 16.7 Å². The van der Waals surface area contributed by atoms with E-state index in [0.717, 1.165) is 31.0 Å². The van der Waals surface area contributed by atoms with E-state index in [4.69, 9.17) is 4.74 Å². The molecule has 0 bridgehead atoms. The van der Waals surface area contributed by atoms with E-state index in [1.54, 1.807) is 11.8 Å². The van der Waals surface area contributed by atoms with Crippen molar-refractivity contribution in [3.05, 3.63) is 11.3 Å². The molecule has 1 aromatic heterocycles. The molecule has 1 aromatic rings. The minimum atomic E-state index is -0.617. The van der Waals surface area contributed by atoms with Crippen molar-refractivity contribution in [1.82, 2.24) is 14.9 Å². The van der Waals surface area contributed by atoms with Crippen LogP contribution in [-0.2, 0) is 16.1 Å². The minimum Gasteiger partial charge on any atom is -0.850 e. The van der Waals surface area contributed by atoms with Gasteiger partial charge in [-0.15, -0.1) is 0 Å². The van der Waals surface area contributed by atoms with E-state index in [0.29, 0.717) is 37.9 Å². The number of nitrogens with zero attached hydrogens (tertiary/aromatic N) is 5. The smallest absolute Gasteiger partial charge is 0.343 e. The van der Waals surface area contributed by atoms with E-state index in [9.17, 15) is 14.7 Å². The van der Waals surface area contributed by atoms with Crippen molar-refractivity contribution in [3.63, 3.8) is 0 Å². The fourth-order valence-corrected chi connectivity index (χ4v) is 4.07. The molecular formula is C17H24N5O4S-. The average molecular weight is 394 g/mol. The molecule has 10 heteroatoms. The van der Waals surface area contributed by atoms with Crippen LogP contribution in [0.3, 0.4) is 0 Å². The van der Waals surface area contributed by atoms with Gasteiger partial charge in [-0.2, -0.15) is 16.7 Å². The summed E-state index contributed by atoms with van der Waals surface area (Å²) in [5.74, 6) is 2.30. The van der Waals surface area contributed by atoms with Crippen molar-refractivity contribution in [2.45, 2.75) is 13.5 Å². The van der Waals surface area contributed by atoms with Crippen LogP contribution in [0.25, 0.3) is 0 Å². The molecule has 1 amide bonds. The molecule has 0 aliphatic carbocycles. The first kappa shape index (κ1) is 19.7. The zero-order valence-corrected chi connectivity index (χ0v) is 16.2. The molecule has 2 aliphatic rings. The maximum atomic E-state index is 12.5. The van der Waals surface area contributed by atoms with Crippen LogP contribution in [0.15, 0.2) is 0 Å². The van der Waals surface area contributed by atoms with Crippen molar-refractivity contribution in [3.8, 4) is 0 Å². The van der Waals surface area contributed by atoms with Crippen LogP contribution in [0.1, 0.15) is 23.0 Å². The van der Waals surface area contributed by atoms with Gasteiger partial charge in [-0.1, -0.05) is 6.61 Å². The van der Waals surface area contributed by atoms with Crippen LogP contribution in [0.5, 0.6) is 0 Å². The Kier molecular flexibility index (Phi) is 6.73. The molecule has 0 atom stereocenters. The summed E-state index contributed by atoms with van der Waals surface area (Å²) in [6.45, 7) is 5.08. The Bertz CT molecular complexity index is 676. The molecule has 2 aliphatic heterocycles. The lowest BCUT2D eigenvalue weighted by Gasteiger charge is -2.35. The maximum absolute atomic E-state index is 12.5. The van der Waals surface area contributed by atoms with Crippen molar-refractivity contribution in [1.29, 1.82) is 0 Å². The van der Waals surface area contributed by atoms with Gasteiger partial charge in [0.05, 0.1) is 6.61 Å². The summed E-state index contributed by atoms with van der Waals surface area (Å²) in [7, 11) is 0. The second kappa shape index (κ2) is 9.23. The van der Waals surface area contributed by atoms with Gasteiger partial charge in [-0.05, 0) is 6.92 Å². The van der Waals surface area contributed by atoms with Gasteiger partial charge in [-0.3, -0.25) is 4.79 Å². The summed E-state index contributed by atoms with van der Waals surface area (Å²) in [5, 5.41) is 11.8. The Morgan fingerprint density at radius 2 is 1.85 bits per heavy atom. The Balaban J connectivity index is 1.99. The Hall–Kier alpha value is -2.07. The molecule has 3 rings (SSSR count). The summed E-state index contributed by atoms with van der Waals surface area (Å²) in [4.78, 5) is 38.3. The zero-order chi connectivity index (χ0) is 19.2. The molecule has 0 saturated carbocycles. The number of hydrogen-bond acceptors (Lipinski definition) is 9. The largest absolute Gasteiger partial charge is 0.850 e. The fraction of sp³-hybridized carbons (Fsp3) is 0.647. The van der Waals surface area contributed by atoms with Crippen LogP contribution in [0, 0.1) is 0 Å². The topological polar surface area (TPSA) is 102 Å². The number of piperazine rings is 1. The monoisotopic (exact) mass is 394 g/mol. The first-order chi connectivity index (χ1) is 13.2. The Labute approximate surface area is 162 Å². The third kappa shape index (κ3) is 4.44. The molecule has 0 unspecified atom stereocenters. The predicted molar refractivity (Wildman–Crippen MR) is 101 cm³/mol. The van der Waals surface area contributed by atoms with Gasteiger partial charge in [-0.25, -0.2) is 9.78 Å². The number of anilines is 2. The molecule has 148 valence electrons. The van der Waals surface area contributed by atoms with Crippen LogP contribution in [-0.4, -0.2) is 84.6 Å². The van der Waals surface area contributed by atoms with Crippen LogP contribution < -0.4 is 14.9 Å². The number of carbonyl (C=O) groups is 2. The highest BCUT2D eigenvalue weighted by Crippen LogP contribution is 2.27. The highest BCUT2D eigenvalue weighted by molar-refractivity contribution is 7.99. The van der Waals surface area contributed by atoms with Crippen molar-refractivity contribution < 1.29 is 19.4 Å². The van der Waals surface area contributed by atoms with Gasteiger partial charge in [0.2, 0.25) is 12.4 Å². The minimum absolute atomic E-state index is 0.154. The number of aromatic nitrogens is 2. The summed E-state index contributed by atoms with van der Waals surface area (Å²) in [5.41, 5.74) is 0.325. The highest BCUT2D eigenvalue weighted by Gasteiger charge is 2.28. The molecule has 0 radical (unpaired) electrons. The standard InChI is InChI=1S/C17H24N5O4S/c1-2-26-16(25)14-13(11-23)18-17(22-7-9-27-10-8-22)19-15(14)21-5-3-20(12-24)4-6-21/h12H,2-11H2,1H3/q-1. The molecule has 27 heavy (non-hydrogen) atoms. The molecule has 2 saturated heterocycles. The van der Waals surface area contributed by atoms with E-state index >= 15 is 0 Å². The van der Waals surface area contributed by atoms with E-state index in [2.05, 4.69) is 14.9 Å². The lowest BCUT2D eigenvalue weighted by atomic mass is 10.2. The second-order valence-corrected chi connectivity index (χ2v) is 7.49. The number of rotatable bonds is 6. The van der Waals surface area contributed by atoms with E-state index in [-0.39, 0.29) is 17.9 Å². The summed E-state index contributed by atoms with van der Waals surface area (Å²) in [6.07, 6.45) is 0.823. The quantitative estimate of drug-likeness (QED) is 0.460. The van der Waals surface area contributed by atoms with Gasteiger partial charge >= 0.3 is 5.97 Å². The predicted octanol–water partition coefficient (Wildman–Crippen LogP) is -0.655. The maximum Gasteiger partial charge on any atom is 0.343 e. The number of carbonyl (C=O) groups excluding carboxylic acids is 2. The number of amides is 1. The lowest BCUT2D eigenvalue weighted by molar-refractivity contribution is -0.387. The zero-order valence-electron chi connectivity index (χ0n) is 15.4. The number of thioether (sulfide) groups is 1. The Morgan fingerprint density at radius 3 is 2.44 bits per heavy atom. The van der Waals surface area contributed by atoms with Gasteiger partial charge < -0.3 is 24.5 Å². The van der Waals surface area contributed by atoms with Gasteiger partial charge in [0.1, 0.15) is 11.4 Å². The van der Waals surface area contributed by atoms with Crippen molar-refractivity contribution >= 4 is 35.9 Å². The third-order valence-corrected chi connectivity index (χ3v) is 5.57. The molecular weight excluding hydrogens is 370 g/mol. The SMILES string of the molecule is CCOC(=O)c1c(C[O-])nc(N2CCSCC2)nc1N1CCN(C=O)CC1. The van der Waals surface area contributed by atoms with E-state index < -0.39 is 12.6 Å². The number of esters is 1. The average Bonchev–Trinajstić information content (AvgIpc) is 2.73. The third-order valence-electron chi connectivity index (χ3n) is 4.63. The first-order valence-corrected chi connectivity index (χ1v) is 10.3. The second-order valence-electron chi connectivity index (χ2n) is 6.26. The van der Waals surface area contributed by atoms with Gasteiger partial charge in [0, 0.05) is 56.5 Å². The molecule has 0 aromatic carbocycles. The summed E-state index contributed by atoms with van der Waals surface area (Å²) in [6, 6.07) is 0. The molecule has 0 spiro atoms. The summed E-state index contributed by atoms with van der Waals surface area (Å²) >= 11 is 1.87. The molecule has 9 nitrogen and oxygen atoms in total. The molecule has 2 fully saturated rings. The fourth-order valence-electron chi connectivity index (χ4n) is 3.17.